The molecule has 6 heteroatoms. The zero-order chi connectivity index (χ0) is 18.9. The zero-order valence-corrected chi connectivity index (χ0v) is 15.7. The minimum absolute atomic E-state index is 0.121. The standard InChI is InChI=1S/C21H26FN3O2/c1-21(9-2-3-12-27-21)20(26)25-10-7-15(8-11-25)19-18(14-23-24-19)16-5-4-6-17(22)13-16/h4-6,13-15H,2-3,7-12H2,1H3,(H,23,24)/t21-/m0/s1. The van der Waals surface area contributed by atoms with E-state index in [9.17, 15) is 9.18 Å². The first kappa shape index (κ1) is 18.2. The summed E-state index contributed by atoms with van der Waals surface area (Å²) in [4.78, 5) is 14.9. The van der Waals surface area contributed by atoms with E-state index in [1.165, 1.54) is 12.1 Å². The van der Waals surface area contributed by atoms with Gasteiger partial charge in [0.25, 0.3) is 5.91 Å². The number of hydrogen-bond acceptors (Lipinski definition) is 3. The highest BCUT2D eigenvalue weighted by atomic mass is 19.1. The number of H-pyrrole nitrogens is 1. The molecule has 2 saturated heterocycles. The molecule has 144 valence electrons. The molecule has 0 saturated carbocycles. The Labute approximate surface area is 158 Å². The first-order valence-corrected chi connectivity index (χ1v) is 9.79. The number of halogens is 1. The smallest absolute Gasteiger partial charge is 0.254 e. The molecule has 0 aliphatic carbocycles. The second-order valence-electron chi connectivity index (χ2n) is 7.81. The van der Waals surface area contributed by atoms with Crippen LogP contribution in [0.4, 0.5) is 4.39 Å². The van der Waals surface area contributed by atoms with E-state index in [1.54, 1.807) is 12.3 Å². The molecule has 1 amide bonds. The third-order valence-corrected chi connectivity index (χ3v) is 5.92. The van der Waals surface area contributed by atoms with Gasteiger partial charge in [-0.2, -0.15) is 5.10 Å². The summed E-state index contributed by atoms with van der Waals surface area (Å²) in [6, 6.07) is 6.60. The number of aromatic nitrogens is 2. The van der Waals surface area contributed by atoms with Gasteiger partial charge >= 0.3 is 0 Å². The van der Waals surface area contributed by atoms with Crippen molar-refractivity contribution >= 4 is 5.91 Å². The van der Waals surface area contributed by atoms with Crippen LogP contribution in [0, 0.1) is 5.82 Å². The molecule has 0 radical (unpaired) electrons. The fourth-order valence-electron chi connectivity index (χ4n) is 4.30. The van der Waals surface area contributed by atoms with Crippen molar-refractivity contribution in [2.45, 2.75) is 50.5 Å². The molecule has 2 aromatic rings. The van der Waals surface area contributed by atoms with Crippen molar-refractivity contribution in [1.82, 2.24) is 15.1 Å². The minimum Gasteiger partial charge on any atom is -0.365 e. The van der Waals surface area contributed by atoms with Gasteiger partial charge in [-0.1, -0.05) is 12.1 Å². The summed E-state index contributed by atoms with van der Waals surface area (Å²) in [5.41, 5.74) is 2.15. The number of hydrogen-bond donors (Lipinski definition) is 1. The van der Waals surface area contributed by atoms with Gasteiger partial charge in [0.1, 0.15) is 11.4 Å². The summed E-state index contributed by atoms with van der Waals surface area (Å²) >= 11 is 0. The Balaban J connectivity index is 1.44. The van der Waals surface area contributed by atoms with Crippen LogP contribution in [0.2, 0.25) is 0 Å². The fraction of sp³-hybridized carbons (Fsp3) is 0.524. The minimum atomic E-state index is -0.661. The van der Waals surface area contributed by atoms with Gasteiger partial charge in [0.05, 0.1) is 6.20 Å². The normalized spacial score (nSPS) is 24.1. The van der Waals surface area contributed by atoms with Crippen LogP contribution in [0.15, 0.2) is 30.5 Å². The largest absolute Gasteiger partial charge is 0.365 e. The quantitative estimate of drug-likeness (QED) is 0.891. The summed E-state index contributed by atoms with van der Waals surface area (Å²) in [6.07, 6.45) is 6.38. The summed E-state index contributed by atoms with van der Waals surface area (Å²) in [5, 5.41) is 7.30. The Morgan fingerprint density at radius 2 is 2.15 bits per heavy atom. The van der Waals surface area contributed by atoms with Crippen LogP contribution in [0.1, 0.15) is 50.6 Å². The van der Waals surface area contributed by atoms with E-state index >= 15 is 0 Å². The van der Waals surface area contributed by atoms with Crippen LogP contribution in [0.5, 0.6) is 0 Å². The molecular formula is C21H26FN3O2. The third-order valence-electron chi connectivity index (χ3n) is 5.92. The van der Waals surface area contributed by atoms with E-state index in [0.29, 0.717) is 19.7 Å². The number of nitrogens with one attached hydrogen (secondary N) is 1. The van der Waals surface area contributed by atoms with Gasteiger partial charge in [0, 0.05) is 36.9 Å². The van der Waals surface area contributed by atoms with Gasteiger partial charge in [-0.15, -0.1) is 0 Å². The van der Waals surface area contributed by atoms with E-state index in [1.807, 2.05) is 17.9 Å². The predicted molar refractivity (Wildman–Crippen MR) is 101 cm³/mol. The molecule has 5 nitrogen and oxygen atoms in total. The van der Waals surface area contributed by atoms with E-state index in [-0.39, 0.29) is 17.6 Å². The molecule has 2 aliphatic rings. The molecule has 1 aromatic heterocycles. The SMILES string of the molecule is C[C@@]1(C(=O)N2CCC(c3[nH]ncc3-c3cccc(F)c3)CC2)CCCCO1. The lowest BCUT2D eigenvalue weighted by Gasteiger charge is -2.40. The summed E-state index contributed by atoms with van der Waals surface area (Å²) in [7, 11) is 0. The lowest BCUT2D eigenvalue weighted by molar-refractivity contribution is -0.163. The number of benzene rings is 1. The van der Waals surface area contributed by atoms with Crippen molar-refractivity contribution in [3.63, 3.8) is 0 Å². The molecule has 2 aliphatic heterocycles. The van der Waals surface area contributed by atoms with Gasteiger partial charge in [-0.25, -0.2) is 4.39 Å². The Bertz CT molecular complexity index is 805. The molecule has 3 heterocycles. The Kier molecular flexibility index (Phi) is 5.00. The zero-order valence-electron chi connectivity index (χ0n) is 15.7. The third kappa shape index (κ3) is 3.63. The molecule has 1 atom stereocenters. The van der Waals surface area contributed by atoms with Crippen LogP contribution in [0.25, 0.3) is 11.1 Å². The van der Waals surface area contributed by atoms with Gasteiger partial charge in [-0.3, -0.25) is 9.89 Å². The maximum atomic E-state index is 13.6. The number of rotatable bonds is 3. The highest BCUT2D eigenvalue weighted by Gasteiger charge is 2.40. The van der Waals surface area contributed by atoms with Crippen molar-refractivity contribution in [3.05, 3.63) is 42.0 Å². The summed E-state index contributed by atoms with van der Waals surface area (Å²) in [5.74, 6) is 0.159. The van der Waals surface area contributed by atoms with Crippen LogP contribution in [-0.2, 0) is 9.53 Å². The molecule has 0 bridgehead atoms. The molecule has 0 unspecified atom stereocenters. The number of piperidine rings is 1. The average Bonchev–Trinajstić information content (AvgIpc) is 3.18. The highest BCUT2D eigenvalue weighted by Crippen LogP contribution is 2.35. The van der Waals surface area contributed by atoms with Crippen LogP contribution in [-0.4, -0.2) is 46.3 Å². The molecule has 0 spiro atoms. The van der Waals surface area contributed by atoms with E-state index in [0.717, 1.165) is 48.9 Å². The van der Waals surface area contributed by atoms with Crippen LogP contribution in [0.3, 0.4) is 0 Å². The number of nitrogens with zero attached hydrogens (tertiary/aromatic N) is 2. The van der Waals surface area contributed by atoms with Gasteiger partial charge < -0.3 is 9.64 Å². The summed E-state index contributed by atoms with van der Waals surface area (Å²) < 4.78 is 19.4. The van der Waals surface area contributed by atoms with Gasteiger partial charge in [0.15, 0.2) is 0 Å². The maximum Gasteiger partial charge on any atom is 0.254 e. The number of carbonyl (C=O) groups is 1. The lowest BCUT2D eigenvalue weighted by atomic mass is 9.88. The number of carbonyl (C=O) groups excluding carboxylic acids is 1. The first-order chi connectivity index (χ1) is 13.1. The number of amides is 1. The second kappa shape index (κ2) is 7.43. The highest BCUT2D eigenvalue weighted by molar-refractivity contribution is 5.85. The van der Waals surface area contributed by atoms with Gasteiger partial charge in [0.2, 0.25) is 0 Å². The Morgan fingerprint density at radius 1 is 1.33 bits per heavy atom. The van der Waals surface area contributed by atoms with Crippen molar-refractivity contribution in [2.75, 3.05) is 19.7 Å². The summed E-state index contributed by atoms with van der Waals surface area (Å²) in [6.45, 7) is 4.02. The molecule has 2 fully saturated rings. The van der Waals surface area contributed by atoms with E-state index in [4.69, 9.17) is 4.74 Å². The van der Waals surface area contributed by atoms with Crippen molar-refractivity contribution in [3.8, 4) is 11.1 Å². The topological polar surface area (TPSA) is 58.2 Å². The van der Waals surface area contributed by atoms with Gasteiger partial charge in [-0.05, 0) is 56.7 Å². The second-order valence-corrected chi connectivity index (χ2v) is 7.81. The monoisotopic (exact) mass is 371 g/mol. The van der Waals surface area contributed by atoms with E-state index < -0.39 is 5.60 Å². The number of ether oxygens (including phenoxy) is 1. The molecule has 1 aromatic carbocycles. The Hall–Kier alpha value is -2.21. The number of aromatic amines is 1. The first-order valence-electron chi connectivity index (χ1n) is 9.79. The maximum absolute atomic E-state index is 13.6. The van der Waals surface area contributed by atoms with Crippen LogP contribution >= 0.6 is 0 Å². The fourth-order valence-corrected chi connectivity index (χ4v) is 4.30. The van der Waals surface area contributed by atoms with E-state index in [2.05, 4.69) is 10.2 Å². The molecular weight excluding hydrogens is 345 g/mol. The van der Waals surface area contributed by atoms with Crippen molar-refractivity contribution in [2.24, 2.45) is 0 Å². The predicted octanol–water partition coefficient (Wildman–Crippen LogP) is 3.88. The van der Waals surface area contributed by atoms with Crippen LogP contribution < -0.4 is 0 Å². The average molecular weight is 371 g/mol. The molecule has 4 rings (SSSR count). The van der Waals surface area contributed by atoms with Crippen molar-refractivity contribution in [1.29, 1.82) is 0 Å². The lowest BCUT2D eigenvalue weighted by Crippen LogP contribution is -2.52. The molecule has 27 heavy (non-hydrogen) atoms. The number of likely N-dealkylation sites (tertiary alicyclic amines) is 1. The Morgan fingerprint density at radius 3 is 2.85 bits per heavy atom. The van der Waals surface area contributed by atoms with Crippen molar-refractivity contribution < 1.29 is 13.9 Å². The molecule has 1 N–H and O–H groups in total.